The lowest BCUT2D eigenvalue weighted by Crippen LogP contribution is -2.39. The van der Waals surface area contributed by atoms with Crippen molar-refractivity contribution in [1.82, 2.24) is 9.88 Å². The van der Waals surface area contributed by atoms with Crippen molar-refractivity contribution in [2.45, 2.75) is 52.1 Å². The Labute approximate surface area is 186 Å². The zero-order valence-corrected chi connectivity index (χ0v) is 18.5. The van der Waals surface area contributed by atoms with Crippen LogP contribution in [0.5, 0.6) is 0 Å². The summed E-state index contributed by atoms with van der Waals surface area (Å²) in [7, 11) is 0. The molecule has 1 aliphatic heterocycles. The molecule has 170 valence electrons. The summed E-state index contributed by atoms with van der Waals surface area (Å²) in [5, 5.41) is 22.3. The number of amides is 1. The Morgan fingerprint density at radius 3 is 2.62 bits per heavy atom. The summed E-state index contributed by atoms with van der Waals surface area (Å²) in [5.41, 5.74) is 2.22. The highest BCUT2D eigenvalue weighted by atomic mass is 16.4. The van der Waals surface area contributed by atoms with Crippen LogP contribution in [0.4, 0.5) is 5.69 Å². The average molecular weight is 440 g/mol. The summed E-state index contributed by atoms with van der Waals surface area (Å²) >= 11 is 0. The standard InChI is InChI=1S/C24H29N3O5/c1-23(2)9-15-10-24(3,12-23)13-27(15)21(22(31)32)17-11-25-18-8-14(4-5-16(17)18)26-19(28)6-7-20(29)30/h4-8,11,15,21,25H,9-10,12-13H2,1-3H3,(H,26,28)(H,29,30)(H,31,32)/b7-6+/t15-,21+,24+/m1/s1. The number of rotatable bonds is 6. The van der Waals surface area contributed by atoms with Gasteiger partial charge in [-0.2, -0.15) is 0 Å². The molecule has 2 bridgehead atoms. The maximum Gasteiger partial charge on any atom is 0.328 e. The first-order chi connectivity index (χ1) is 15.0. The lowest BCUT2D eigenvalue weighted by molar-refractivity contribution is -0.144. The molecule has 0 spiro atoms. The van der Waals surface area contributed by atoms with Gasteiger partial charge in [0.05, 0.1) is 0 Å². The summed E-state index contributed by atoms with van der Waals surface area (Å²) in [6.07, 6.45) is 6.55. The van der Waals surface area contributed by atoms with Crippen molar-refractivity contribution in [3.05, 3.63) is 42.1 Å². The molecule has 0 radical (unpaired) electrons. The predicted octanol–water partition coefficient (Wildman–Crippen LogP) is 3.77. The highest BCUT2D eigenvalue weighted by Crippen LogP contribution is 2.54. The van der Waals surface area contributed by atoms with Crippen molar-refractivity contribution in [2.24, 2.45) is 10.8 Å². The number of nitrogens with zero attached hydrogens (tertiary/aromatic N) is 1. The van der Waals surface area contributed by atoms with Gasteiger partial charge in [-0.25, -0.2) is 4.79 Å². The fraction of sp³-hybridized carbons (Fsp3) is 0.458. The van der Waals surface area contributed by atoms with E-state index in [1.54, 1.807) is 24.4 Å². The third kappa shape index (κ3) is 4.27. The number of aromatic amines is 1. The van der Waals surface area contributed by atoms with Gasteiger partial charge >= 0.3 is 11.9 Å². The maximum atomic E-state index is 12.5. The van der Waals surface area contributed by atoms with Gasteiger partial charge in [-0.15, -0.1) is 0 Å². The number of carboxylic acid groups (broad SMARTS) is 2. The maximum absolute atomic E-state index is 12.5. The second-order valence-electron chi connectivity index (χ2n) is 10.3. The van der Waals surface area contributed by atoms with Crippen LogP contribution < -0.4 is 5.32 Å². The SMILES string of the molecule is CC1(C)C[C@@H]2C[C@](C)(CN2[C@H](C(=O)O)c2c[nH]c3cc(NC(=O)/C=C/C(=O)O)ccc23)C1. The van der Waals surface area contributed by atoms with Gasteiger partial charge in [-0.1, -0.05) is 26.8 Å². The van der Waals surface area contributed by atoms with Crippen molar-refractivity contribution in [2.75, 3.05) is 11.9 Å². The van der Waals surface area contributed by atoms with Crippen LogP contribution >= 0.6 is 0 Å². The number of hydrogen-bond donors (Lipinski definition) is 4. The van der Waals surface area contributed by atoms with E-state index >= 15 is 0 Å². The molecule has 4 rings (SSSR count). The Morgan fingerprint density at radius 1 is 1.19 bits per heavy atom. The first-order valence-electron chi connectivity index (χ1n) is 10.8. The largest absolute Gasteiger partial charge is 0.480 e. The zero-order chi connectivity index (χ0) is 23.3. The van der Waals surface area contributed by atoms with E-state index in [1.807, 2.05) is 0 Å². The van der Waals surface area contributed by atoms with Crippen LogP contribution in [0.1, 0.15) is 51.6 Å². The van der Waals surface area contributed by atoms with Gasteiger partial charge in [0.1, 0.15) is 6.04 Å². The number of nitrogens with one attached hydrogen (secondary N) is 2. The van der Waals surface area contributed by atoms with E-state index in [4.69, 9.17) is 5.11 Å². The van der Waals surface area contributed by atoms with E-state index in [9.17, 15) is 19.5 Å². The van der Waals surface area contributed by atoms with E-state index in [0.717, 1.165) is 43.3 Å². The number of aromatic nitrogens is 1. The van der Waals surface area contributed by atoms with Crippen LogP contribution in [-0.2, 0) is 14.4 Å². The number of carbonyl (C=O) groups is 3. The molecule has 3 atom stereocenters. The average Bonchev–Trinajstić information content (AvgIpc) is 3.17. The van der Waals surface area contributed by atoms with Crippen LogP contribution in [0.25, 0.3) is 10.9 Å². The molecule has 1 aliphatic carbocycles. The Hall–Kier alpha value is -3.13. The smallest absolute Gasteiger partial charge is 0.328 e. The fourth-order valence-corrected chi connectivity index (χ4v) is 6.04. The van der Waals surface area contributed by atoms with Gasteiger partial charge in [-0.3, -0.25) is 14.5 Å². The summed E-state index contributed by atoms with van der Waals surface area (Å²) in [5.74, 6) is -2.62. The lowest BCUT2D eigenvalue weighted by atomic mass is 9.65. The second kappa shape index (κ2) is 7.78. The summed E-state index contributed by atoms with van der Waals surface area (Å²) in [6, 6.07) is 4.69. The molecule has 8 nitrogen and oxygen atoms in total. The molecule has 1 saturated carbocycles. The monoisotopic (exact) mass is 439 g/mol. The lowest BCUT2D eigenvalue weighted by Gasteiger charge is -2.40. The molecule has 2 aromatic rings. The predicted molar refractivity (Wildman–Crippen MR) is 120 cm³/mol. The van der Waals surface area contributed by atoms with Gasteiger partial charge in [-0.05, 0) is 42.2 Å². The molecular formula is C24H29N3O5. The molecule has 1 aromatic heterocycles. The van der Waals surface area contributed by atoms with Crippen LogP contribution in [-0.4, -0.2) is 50.5 Å². The number of fused-ring (bicyclic) bond motifs is 3. The van der Waals surface area contributed by atoms with Crippen LogP contribution in [0, 0.1) is 10.8 Å². The Kier molecular flexibility index (Phi) is 5.36. The third-order valence-corrected chi connectivity index (χ3v) is 6.67. The minimum Gasteiger partial charge on any atom is -0.480 e. The molecule has 0 unspecified atom stereocenters. The van der Waals surface area contributed by atoms with E-state index in [2.05, 4.69) is 36.0 Å². The van der Waals surface area contributed by atoms with Crippen LogP contribution in [0.2, 0.25) is 0 Å². The van der Waals surface area contributed by atoms with Gasteiger partial charge in [0.25, 0.3) is 0 Å². The fourth-order valence-electron chi connectivity index (χ4n) is 6.04. The van der Waals surface area contributed by atoms with Crippen molar-refractivity contribution in [1.29, 1.82) is 0 Å². The first-order valence-corrected chi connectivity index (χ1v) is 10.8. The summed E-state index contributed by atoms with van der Waals surface area (Å²) in [4.78, 5) is 40.2. The zero-order valence-electron chi connectivity index (χ0n) is 18.5. The highest BCUT2D eigenvalue weighted by molar-refractivity contribution is 6.03. The molecule has 1 aromatic carbocycles. The molecule has 8 heteroatoms. The summed E-state index contributed by atoms with van der Waals surface area (Å²) < 4.78 is 0. The molecule has 2 fully saturated rings. The van der Waals surface area contributed by atoms with Crippen molar-refractivity contribution in [3.63, 3.8) is 0 Å². The quantitative estimate of drug-likeness (QED) is 0.508. The number of benzene rings is 1. The van der Waals surface area contributed by atoms with Crippen molar-refractivity contribution in [3.8, 4) is 0 Å². The first kappa shape index (κ1) is 22.1. The van der Waals surface area contributed by atoms with Crippen molar-refractivity contribution < 1.29 is 24.6 Å². The van der Waals surface area contributed by atoms with Crippen LogP contribution in [0.15, 0.2) is 36.5 Å². The Bertz CT molecular complexity index is 1120. The topological polar surface area (TPSA) is 123 Å². The van der Waals surface area contributed by atoms with Gasteiger partial charge in [0.2, 0.25) is 5.91 Å². The Morgan fingerprint density at radius 2 is 1.94 bits per heavy atom. The van der Waals surface area contributed by atoms with Gasteiger partial charge in [0, 0.05) is 53.1 Å². The molecule has 2 heterocycles. The third-order valence-electron chi connectivity index (χ3n) is 6.67. The number of anilines is 1. The molecular weight excluding hydrogens is 410 g/mol. The number of H-pyrrole nitrogens is 1. The minimum absolute atomic E-state index is 0.118. The molecule has 1 amide bonds. The second-order valence-corrected chi connectivity index (χ2v) is 10.3. The number of carbonyl (C=O) groups excluding carboxylic acids is 1. The summed E-state index contributed by atoms with van der Waals surface area (Å²) in [6.45, 7) is 7.56. The Balaban J connectivity index is 1.62. The van der Waals surface area contributed by atoms with Crippen LogP contribution in [0.3, 0.4) is 0 Å². The van der Waals surface area contributed by atoms with E-state index in [1.165, 1.54) is 0 Å². The van der Waals surface area contributed by atoms with E-state index in [-0.39, 0.29) is 16.9 Å². The molecule has 1 saturated heterocycles. The molecule has 4 N–H and O–H groups in total. The normalized spacial score (nSPS) is 25.8. The minimum atomic E-state index is -1.20. The number of carboxylic acids is 2. The van der Waals surface area contributed by atoms with Gasteiger partial charge in [0.15, 0.2) is 0 Å². The highest BCUT2D eigenvalue weighted by Gasteiger charge is 2.52. The molecule has 2 aliphatic rings. The van der Waals surface area contributed by atoms with E-state index < -0.39 is 23.9 Å². The molecule has 32 heavy (non-hydrogen) atoms. The van der Waals surface area contributed by atoms with E-state index in [0.29, 0.717) is 16.8 Å². The number of hydrogen-bond acceptors (Lipinski definition) is 4. The number of likely N-dealkylation sites (tertiary alicyclic amines) is 1. The van der Waals surface area contributed by atoms with Gasteiger partial charge < -0.3 is 20.5 Å². The van der Waals surface area contributed by atoms with Crippen molar-refractivity contribution >= 4 is 34.4 Å². The number of aliphatic carboxylic acids is 2.